The molecule has 0 radical (unpaired) electrons. The van der Waals surface area contributed by atoms with E-state index in [-0.39, 0.29) is 5.92 Å². The summed E-state index contributed by atoms with van der Waals surface area (Å²) in [5, 5.41) is -0.516. The summed E-state index contributed by atoms with van der Waals surface area (Å²) < 4.78 is 40.1. The average molecular weight is 351 g/mol. The van der Waals surface area contributed by atoms with Crippen LogP contribution in [0.3, 0.4) is 0 Å². The lowest BCUT2D eigenvalue weighted by atomic mass is 9.77. The minimum atomic E-state index is -4.33. The summed E-state index contributed by atoms with van der Waals surface area (Å²) in [6, 6.07) is 7.91. The van der Waals surface area contributed by atoms with E-state index in [1.807, 2.05) is 18.2 Å². The number of hydrogen-bond acceptors (Lipinski definition) is 0. The van der Waals surface area contributed by atoms with Gasteiger partial charge in [0.1, 0.15) is 0 Å². The van der Waals surface area contributed by atoms with E-state index in [0.717, 1.165) is 42.4 Å². The van der Waals surface area contributed by atoms with Gasteiger partial charge < -0.3 is 0 Å². The van der Waals surface area contributed by atoms with Crippen LogP contribution < -0.4 is 0 Å². The second-order valence-corrected chi connectivity index (χ2v) is 7.27. The number of alkyl halides is 4. The van der Waals surface area contributed by atoms with Gasteiger partial charge in [0.05, 0.1) is 11.0 Å². The zero-order chi connectivity index (χ0) is 16.9. The topological polar surface area (TPSA) is 0 Å². The molecular weight excluding hydrogens is 333 g/mol. The van der Waals surface area contributed by atoms with Gasteiger partial charge in [0.15, 0.2) is 0 Å². The minimum Gasteiger partial charge on any atom is -0.166 e. The third-order valence-corrected chi connectivity index (χ3v) is 5.88. The van der Waals surface area contributed by atoms with Crippen LogP contribution in [-0.4, -0.2) is 6.18 Å². The Labute approximate surface area is 144 Å². The van der Waals surface area contributed by atoms with E-state index >= 15 is 0 Å². The molecule has 1 aromatic rings. The van der Waals surface area contributed by atoms with Crippen molar-refractivity contribution in [2.24, 2.45) is 5.92 Å². The van der Waals surface area contributed by atoms with Crippen molar-refractivity contribution in [2.75, 3.05) is 0 Å². The van der Waals surface area contributed by atoms with Crippen LogP contribution in [-0.2, 0) is 6.42 Å². The van der Waals surface area contributed by atoms with E-state index in [4.69, 9.17) is 11.6 Å². The molecule has 0 bridgehead atoms. The molecule has 24 heavy (non-hydrogen) atoms. The molecule has 2 unspecified atom stereocenters. The second-order valence-electron chi connectivity index (χ2n) is 6.83. The summed E-state index contributed by atoms with van der Waals surface area (Å²) in [5.41, 5.74) is 4.49. The predicted octanol–water partition coefficient (Wildman–Crippen LogP) is 6.44. The van der Waals surface area contributed by atoms with Crippen molar-refractivity contribution < 1.29 is 13.2 Å². The van der Waals surface area contributed by atoms with Gasteiger partial charge >= 0.3 is 6.18 Å². The maximum Gasteiger partial charge on any atom is 0.416 e. The molecule has 0 spiro atoms. The highest BCUT2D eigenvalue weighted by Crippen LogP contribution is 2.50. The molecule has 0 aromatic heterocycles. The van der Waals surface area contributed by atoms with Crippen LogP contribution in [0.15, 0.2) is 58.7 Å². The lowest BCUT2D eigenvalue weighted by Crippen LogP contribution is -2.15. The van der Waals surface area contributed by atoms with Gasteiger partial charge in [-0.2, -0.15) is 13.2 Å². The Bertz CT molecular complexity index is 767. The zero-order valence-corrected chi connectivity index (χ0v) is 13.9. The third kappa shape index (κ3) is 2.63. The molecular formula is C20H18ClF3. The molecule has 4 heteroatoms. The maximum absolute atomic E-state index is 13.4. The molecule has 0 N–H and O–H groups in total. The monoisotopic (exact) mass is 350 g/mol. The lowest BCUT2D eigenvalue weighted by Gasteiger charge is -2.29. The third-order valence-electron chi connectivity index (χ3n) is 5.41. The lowest BCUT2D eigenvalue weighted by molar-refractivity contribution is -0.0884. The molecule has 0 nitrogen and oxygen atoms in total. The Morgan fingerprint density at radius 2 is 1.92 bits per heavy atom. The van der Waals surface area contributed by atoms with Gasteiger partial charge in [0, 0.05) is 0 Å². The Balaban J connectivity index is 1.93. The highest BCUT2D eigenvalue weighted by molar-refractivity contribution is 6.23. The van der Waals surface area contributed by atoms with Crippen LogP contribution in [0.1, 0.15) is 42.2 Å². The normalized spacial score (nSPS) is 26.7. The van der Waals surface area contributed by atoms with Crippen LogP contribution >= 0.6 is 11.6 Å². The fourth-order valence-electron chi connectivity index (χ4n) is 4.33. The van der Waals surface area contributed by atoms with Crippen molar-refractivity contribution in [2.45, 2.75) is 43.7 Å². The molecule has 4 rings (SSSR count). The number of halogens is 4. The molecule has 1 aromatic carbocycles. The summed E-state index contributed by atoms with van der Waals surface area (Å²) in [5.74, 6) is 0.283. The molecule has 3 aliphatic carbocycles. The first-order valence-corrected chi connectivity index (χ1v) is 8.82. The average Bonchev–Trinajstić information content (AvgIpc) is 2.81. The molecule has 3 aliphatic rings. The number of benzene rings is 1. The van der Waals surface area contributed by atoms with Gasteiger partial charge in [0.25, 0.3) is 0 Å². The molecule has 0 saturated carbocycles. The molecule has 0 heterocycles. The molecule has 0 aliphatic heterocycles. The van der Waals surface area contributed by atoms with E-state index < -0.39 is 17.1 Å². The van der Waals surface area contributed by atoms with Crippen LogP contribution in [0.5, 0.6) is 0 Å². The molecule has 126 valence electrons. The molecule has 0 amide bonds. The summed E-state index contributed by atoms with van der Waals surface area (Å²) in [7, 11) is 0. The van der Waals surface area contributed by atoms with Gasteiger partial charge in [-0.05, 0) is 66.4 Å². The van der Waals surface area contributed by atoms with Crippen molar-refractivity contribution in [1.82, 2.24) is 0 Å². The predicted molar refractivity (Wildman–Crippen MR) is 89.9 cm³/mol. The fourth-order valence-corrected chi connectivity index (χ4v) is 4.72. The van der Waals surface area contributed by atoms with Crippen molar-refractivity contribution in [3.8, 4) is 0 Å². The van der Waals surface area contributed by atoms with Gasteiger partial charge in [-0.15, -0.1) is 11.6 Å². The summed E-state index contributed by atoms with van der Waals surface area (Å²) in [6.45, 7) is 0. The van der Waals surface area contributed by atoms with Crippen molar-refractivity contribution in [3.05, 3.63) is 69.8 Å². The quantitative estimate of drug-likeness (QED) is 0.472. The zero-order valence-electron chi connectivity index (χ0n) is 13.2. The second kappa shape index (κ2) is 5.80. The first-order valence-electron chi connectivity index (χ1n) is 8.38. The number of hydrogen-bond donors (Lipinski definition) is 0. The summed E-state index contributed by atoms with van der Waals surface area (Å²) in [4.78, 5) is 0. The molecule has 0 fully saturated rings. The minimum absolute atomic E-state index is 0.283. The van der Waals surface area contributed by atoms with E-state index in [0.29, 0.717) is 12.0 Å². The van der Waals surface area contributed by atoms with Crippen LogP contribution in [0.2, 0.25) is 0 Å². The Kier molecular flexibility index (Phi) is 3.87. The summed E-state index contributed by atoms with van der Waals surface area (Å²) in [6.07, 6.45) is 2.51. The van der Waals surface area contributed by atoms with E-state index in [2.05, 4.69) is 6.07 Å². The van der Waals surface area contributed by atoms with E-state index in [1.54, 1.807) is 0 Å². The first-order chi connectivity index (χ1) is 11.4. The van der Waals surface area contributed by atoms with Gasteiger partial charge in [0.2, 0.25) is 0 Å². The van der Waals surface area contributed by atoms with Crippen LogP contribution in [0, 0.1) is 5.92 Å². The van der Waals surface area contributed by atoms with Crippen LogP contribution in [0.25, 0.3) is 0 Å². The molecule has 2 atom stereocenters. The van der Waals surface area contributed by atoms with E-state index in [1.165, 1.54) is 17.7 Å². The standard InChI is InChI=1S/C20H18ClF3/c21-19-16-7-2-1-4-13(16)10-14-6-3-5-12-8-9-15(20(22,23)24)11-17(19)18(12)14/h1-2,4,7,9,11,14,19H,3,5-6,8,10H2. The highest BCUT2D eigenvalue weighted by atomic mass is 35.5. The van der Waals surface area contributed by atoms with Crippen molar-refractivity contribution in [1.29, 1.82) is 0 Å². The fraction of sp³-hybridized carbons (Fsp3) is 0.400. The summed E-state index contributed by atoms with van der Waals surface area (Å²) >= 11 is 6.73. The Morgan fingerprint density at radius 3 is 2.71 bits per heavy atom. The number of allylic oxidation sites excluding steroid dienone is 6. The Hall–Kier alpha value is -1.48. The first kappa shape index (κ1) is 16.0. The van der Waals surface area contributed by atoms with Crippen LogP contribution in [0.4, 0.5) is 13.2 Å². The smallest absolute Gasteiger partial charge is 0.166 e. The number of rotatable bonds is 0. The van der Waals surface area contributed by atoms with Crippen molar-refractivity contribution >= 4 is 11.6 Å². The van der Waals surface area contributed by atoms with Gasteiger partial charge in [-0.25, -0.2) is 0 Å². The van der Waals surface area contributed by atoms with E-state index in [9.17, 15) is 13.2 Å². The van der Waals surface area contributed by atoms with Gasteiger partial charge in [-0.3, -0.25) is 0 Å². The number of fused-ring (bicyclic) bond motifs is 1. The molecule has 0 saturated heterocycles. The SMILES string of the molecule is FC(F)(F)C1=CCC2=C3C(=C1)C(Cl)c1ccccc1CC3CCC2. The highest BCUT2D eigenvalue weighted by Gasteiger charge is 2.38. The largest absolute Gasteiger partial charge is 0.416 e. The van der Waals surface area contributed by atoms with Gasteiger partial charge in [-0.1, -0.05) is 35.9 Å². The Morgan fingerprint density at radius 1 is 1.12 bits per heavy atom. The maximum atomic E-state index is 13.4. The van der Waals surface area contributed by atoms with Crippen molar-refractivity contribution in [3.63, 3.8) is 0 Å².